The van der Waals surface area contributed by atoms with Crippen LogP contribution in [0.25, 0.3) is 0 Å². The zero-order valence-corrected chi connectivity index (χ0v) is 16.7. The lowest BCUT2D eigenvalue weighted by Gasteiger charge is -2.27. The second kappa shape index (κ2) is 8.21. The van der Waals surface area contributed by atoms with E-state index in [0.29, 0.717) is 24.2 Å². The van der Waals surface area contributed by atoms with E-state index in [-0.39, 0.29) is 11.9 Å². The van der Waals surface area contributed by atoms with Crippen molar-refractivity contribution in [1.29, 1.82) is 0 Å². The molecule has 0 spiro atoms. The van der Waals surface area contributed by atoms with Crippen molar-refractivity contribution in [3.05, 3.63) is 52.3 Å². The van der Waals surface area contributed by atoms with E-state index in [4.69, 9.17) is 0 Å². The molecule has 1 N–H and O–H groups in total. The molecular formula is C20H24F2N4OS. The molecule has 4 rings (SSSR count). The number of amides is 1. The molecule has 1 fully saturated rings. The van der Waals surface area contributed by atoms with Crippen LogP contribution in [0.15, 0.2) is 18.2 Å². The fourth-order valence-electron chi connectivity index (χ4n) is 4.03. The summed E-state index contributed by atoms with van der Waals surface area (Å²) < 4.78 is 28.6. The highest BCUT2D eigenvalue weighted by atomic mass is 32.2. The molecule has 2 aromatic rings. The zero-order valence-electron chi connectivity index (χ0n) is 15.9. The first kappa shape index (κ1) is 19.4. The average Bonchev–Trinajstić information content (AvgIpc) is 3.02. The summed E-state index contributed by atoms with van der Waals surface area (Å²) in [6.07, 6.45) is 2.43. The quantitative estimate of drug-likeness (QED) is 0.848. The van der Waals surface area contributed by atoms with Crippen LogP contribution in [0.1, 0.15) is 33.7 Å². The summed E-state index contributed by atoms with van der Waals surface area (Å²) in [7, 11) is 1.89. The molecule has 8 heteroatoms. The largest absolute Gasteiger partial charge is 0.336 e. The van der Waals surface area contributed by atoms with Crippen molar-refractivity contribution in [2.75, 3.05) is 24.6 Å². The van der Waals surface area contributed by atoms with Crippen LogP contribution in [0.2, 0.25) is 0 Å². The predicted molar refractivity (Wildman–Crippen MR) is 105 cm³/mol. The summed E-state index contributed by atoms with van der Waals surface area (Å²) in [4.78, 5) is 14.9. The smallest absolute Gasteiger partial charge is 0.274 e. The Hall–Kier alpha value is -1.93. The fraction of sp³-hybridized carbons (Fsp3) is 0.500. The minimum atomic E-state index is -0.567. The van der Waals surface area contributed by atoms with Gasteiger partial charge in [0.1, 0.15) is 11.6 Å². The number of halogens is 2. The maximum absolute atomic E-state index is 13.4. The highest BCUT2D eigenvalue weighted by molar-refractivity contribution is 7.99. The van der Waals surface area contributed by atoms with Crippen LogP contribution < -0.4 is 5.32 Å². The van der Waals surface area contributed by atoms with Crippen LogP contribution in [0, 0.1) is 11.6 Å². The predicted octanol–water partition coefficient (Wildman–Crippen LogP) is 2.53. The molecule has 5 nitrogen and oxygen atoms in total. The van der Waals surface area contributed by atoms with Gasteiger partial charge >= 0.3 is 0 Å². The van der Waals surface area contributed by atoms with Crippen LogP contribution in [-0.4, -0.2) is 51.2 Å². The number of carbonyl (C=O) groups is 1. The van der Waals surface area contributed by atoms with Gasteiger partial charge in [-0.05, 0) is 37.0 Å². The standard InChI is InChI=1S/C20H24F2N4OS/c1-25-18-3-2-16(23-12-13-8-14(21)10-15(22)9-13)11-17(18)19(24-25)20(27)26-4-6-28-7-5-26/h8-10,16,23H,2-7,11-12H2,1H3. The monoisotopic (exact) mass is 406 g/mol. The first-order chi connectivity index (χ1) is 13.5. The number of nitrogens with zero attached hydrogens (tertiary/aromatic N) is 3. The summed E-state index contributed by atoms with van der Waals surface area (Å²) in [5.41, 5.74) is 3.27. The summed E-state index contributed by atoms with van der Waals surface area (Å²) in [6, 6.07) is 3.71. The molecule has 1 atom stereocenters. The van der Waals surface area contributed by atoms with Crippen LogP contribution >= 0.6 is 11.8 Å². The molecular weight excluding hydrogens is 382 g/mol. The van der Waals surface area contributed by atoms with E-state index in [1.165, 1.54) is 12.1 Å². The van der Waals surface area contributed by atoms with E-state index < -0.39 is 11.6 Å². The van der Waals surface area contributed by atoms with Gasteiger partial charge in [-0.1, -0.05) is 0 Å². The van der Waals surface area contributed by atoms with Crippen molar-refractivity contribution >= 4 is 17.7 Å². The van der Waals surface area contributed by atoms with Gasteiger partial charge in [-0.25, -0.2) is 8.78 Å². The number of benzene rings is 1. The van der Waals surface area contributed by atoms with Crippen LogP contribution in [0.4, 0.5) is 8.78 Å². The van der Waals surface area contributed by atoms with Crippen LogP contribution in [-0.2, 0) is 26.4 Å². The number of rotatable bonds is 4. The molecule has 1 amide bonds. The molecule has 0 radical (unpaired) electrons. The zero-order chi connectivity index (χ0) is 19.7. The molecule has 0 bridgehead atoms. The Kier molecular flexibility index (Phi) is 5.68. The van der Waals surface area contributed by atoms with Crippen molar-refractivity contribution in [1.82, 2.24) is 20.0 Å². The molecule has 28 heavy (non-hydrogen) atoms. The molecule has 1 aliphatic carbocycles. The van der Waals surface area contributed by atoms with Crippen molar-refractivity contribution in [3.8, 4) is 0 Å². The Balaban J connectivity index is 1.47. The van der Waals surface area contributed by atoms with E-state index in [0.717, 1.165) is 54.8 Å². The van der Waals surface area contributed by atoms with E-state index in [2.05, 4.69) is 10.4 Å². The van der Waals surface area contributed by atoms with Crippen molar-refractivity contribution in [2.45, 2.75) is 31.8 Å². The highest BCUT2D eigenvalue weighted by Crippen LogP contribution is 2.26. The van der Waals surface area contributed by atoms with Crippen molar-refractivity contribution < 1.29 is 13.6 Å². The van der Waals surface area contributed by atoms with Crippen molar-refractivity contribution in [3.63, 3.8) is 0 Å². The van der Waals surface area contributed by atoms with Gasteiger partial charge in [0.25, 0.3) is 5.91 Å². The summed E-state index contributed by atoms with van der Waals surface area (Å²) in [6.45, 7) is 1.92. The Morgan fingerprint density at radius 1 is 1.25 bits per heavy atom. The average molecular weight is 407 g/mol. The lowest BCUT2D eigenvalue weighted by Crippen LogP contribution is -2.39. The molecule has 2 heterocycles. The third kappa shape index (κ3) is 4.07. The molecule has 0 saturated carbocycles. The molecule has 1 aromatic heterocycles. The second-order valence-corrected chi connectivity index (χ2v) is 8.63. The minimum absolute atomic E-state index is 0.0185. The maximum atomic E-state index is 13.4. The van der Waals surface area contributed by atoms with Gasteiger partial charge in [-0.3, -0.25) is 9.48 Å². The van der Waals surface area contributed by atoms with Gasteiger partial charge in [0.05, 0.1) is 0 Å². The highest BCUT2D eigenvalue weighted by Gasteiger charge is 2.30. The van der Waals surface area contributed by atoms with Crippen molar-refractivity contribution in [2.24, 2.45) is 7.05 Å². The summed E-state index contributed by atoms with van der Waals surface area (Å²) >= 11 is 1.87. The first-order valence-electron chi connectivity index (χ1n) is 9.61. The lowest BCUT2D eigenvalue weighted by molar-refractivity contribution is 0.0764. The van der Waals surface area contributed by atoms with Gasteiger partial charge in [0.2, 0.25) is 0 Å². The Labute approximate surface area is 167 Å². The van der Waals surface area contributed by atoms with Gasteiger partial charge in [-0.15, -0.1) is 0 Å². The summed E-state index contributed by atoms with van der Waals surface area (Å²) in [5.74, 6) is 0.819. The number of aromatic nitrogens is 2. The summed E-state index contributed by atoms with van der Waals surface area (Å²) in [5, 5.41) is 7.92. The number of thioether (sulfide) groups is 1. The third-order valence-electron chi connectivity index (χ3n) is 5.47. The third-order valence-corrected chi connectivity index (χ3v) is 6.42. The number of fused-ring (bicyclic) bond motifs is 1. The van der Waals surface area contributed by atoms with Gasteiger partial charge in [-0.2, -0.15) is 16.9 Å². The SMILES string of the molecule is Cn1nc(C(=O)N2CCSCC2)c2c1CCC(NCc1cc(F)cc(F)c1)C2. The minimum Gasteiger partial charge on any atom is -0.336 e. The topological polar surface area (TPSA) is 50.2 Å². The van der Waals surface area contributed by atoms with Gasteiger partial charge in [0.15, 0.2) is 5.69 Å². The van der Waals surface area contributed by atoms with Gasteiger partial charge in [0, 0.05) is 61.6 Å². The molecule has 150 valence electrons. The van der Waals surface area contributed by atoms with E-state index in [9.17, 15) is 13.6 Å². The first-order valence-corrected chi connectivity index (χ1v) is 10.8. The van der Waals surface area contributed by atoms with E-state index in [1.807, 2.05) is 28.4 Å². The molecule has 2 aliphatic rings. The molecule has 1 saturated heterocycles. The Bertz CT molecular complexity index is 859. The normalized spacial score (nSPS) is 19.5. The number of hydrogen-bond donors (Lipinski definition) is 1. The number of aryl methyl sites for hydroxylation is 1. The van der Waals surface area contributed by atoms with Gasteiger partial charge < -0.3 is 10.2 Å². The van der Waals surface area contributed by atoms with E-state index >= 15 is 0 Å². The number of carbonyl (C=O) groups excluding carboxylic acids is 1. The molecule has 1 aliphatic heterocycles. The van der Waals surface area contributed by atoms with Crippen LogP contribution in [0.5, 0.6) is 0 Å². The number of nitrogens with one attached hydrogen (secondary N) is 1. The fourth-order valence-corrected chi connectivity index (χ4v) is 4.93. The lowest BCUT2D eigenvalue weighted by atomic mass is 9.91. The Morgan fingerprint density at radius 3 is 2.68 bits per heavy atom. The molecule has 1 aromatic carbocycles. The second-order valence-electron chi connectivity index (χ2n) is 7.40. The molecule has 1 unspecified atom stereocenters. The number of hydrogen-bond acceptors (Lipinski definition) is 4. The van der Waals surface area contributed by atoms with Crippen LogP contribution in [0.3, 0.4) is 0 Å². The van der Waals surface area contributed by atoms with E-state index in [1.54, 1.807) is 0 Å². The maximum Gasteiger partial charge on any atom is 0.274 e. The Morgan fingerprint density at radius 2 is 1.96 bits per heavy atom.